The smallest absolute Gasteiger partial charge is 0.340 e. The van der Waals surface area contributed by atoms with Gasteiger partial charge in [0.25, 0.3) is 0 Å². The van der Waals surface area contributed by atoms with E-state index < -0.39 is 5.97 Å². The van der Waals surface area contributed by atoms with Gasteiger partial charge in [-0.3, -0.25) is 4.98 Å². The van der Waals surface area contributed by atoms with Gasteiger partial charge in [0, 0.05) is 12.4 Å². The van der Waals surface area contributed by atoms with Gasteiger partial charge in [0.05, 0.1) is 11.9 Å². The van der Waals surface area contributed by atoms with Crippen molar-refractivity contribution >= 4 is 17.6 Å². The van der Waals surface area contributed by atoms with Crippen molar-refractivity contribution in [3.05, 3.63) is 35.0 Å². The number of carboxylic acid groups (broad SMARTS) is 1. The molecule has 0 aliphatic heterocycles. The Morgan fingerprint density at radius 2 is 2.28 bits per heavy atom. The standard InChI is InChI=1S/C11H11ClN4O2/c1-2-3-7-9(11(17)18)10(12)16(15-7)8-6-13-4-5-14-8/h4-6H,2-3H2,1H3,(H,17,18). The minimum atomic E-state index is -1.08. The number of nitrogens with zero attached hydrogens (tertiary/aromatic N) is 4. The molecule has 0 fully saturated rings. The molecule has 7 heteroatoms. The predicted molar refractivity (Wildman–Crippen MR) is 65.1 cm³/mol. The van der Waals surface area contributed by atoms with E-state index in [2.05, 4.69) is 15.1 Å². The summed E-state index contributed by atoms with van der Waals surface area (Å²) in [7, 11) is 0. The van der Waals surface area contributed by atoms with Crippen LogP contribution in [0.3, 0.4) is 0 Å². The van der Waals surface area contributed by atoms with Gasteiger partial charge in [-0.15, -0.1) is 0 Å². The number of halogens is 1. The van der Waals surface area contributed by atoms with Gasteiger partial charge in [-0.25, -0.2) is 14.5 Å². The summed E-state index contributed by atoms with van der Waals surface area (Å²) in [6, 6.07) is 0. The molecule has 18 heavy (non-hydrogen) atoms. The first-order valence-electron chi connectivity index (χ1n) is 5.42. The van der Waals surface area contributed by atoms with Crippen LogP contribution in [0.5, 0.6) is 0 Å². The second-order valence-corrected chi connectivity index (χ2v) is 4.00. The number of carbonyl (C=O) groups is 1. The zero-order chi connectivity index (χ0) is 13.1. The number of carboxylic acids is 1. The highest BCUT2D eigenvalue weighted by Gasteiger charge is 2.22. The first kappa shape index (κ1) is 12.5. The minimum Gasteiger partial charge on any atom is -0.478 e. The fraction of sp³-hybridized carbons (Fsp3) is 0.273. The van der Waals surface area contributed by atoms with Crippen LogP contribution >= 0.6 is 11.6 Å². The second kappa shape index (κ2) is 5.14. The van der Waals surface area contributed by atoms with Crippen LogP contribution in [0.1, 0.15) is 29.4 Å². The lowest BCUT2D eigenvalue weighted by Gasteiger charge is -1.99. The summed E-state index contributed by atoms with van der Waals surface area (Å²) in [6.07, 6.45) is 5.82. The van der Waals surface area contributed by atoms with E-state index in [1.807, 2.05) is 6.92 Å². The number of aromatic nitrogens is 4. The van der Waals surface area contributed by atoms with Crippen molar-refractivity contribution in [2.75, 3.05) is 0 Å². The molecular weight excluding hydrogens is 256 g/mol. The van der Waals surface area contributed by atoms with Gasteiger partial charge in [-0.05, 0) is 6.42 Å². The highest BCUT2D eigenvalue weighted by Crippen LogP contribution is 2.23. The van der Waals surface area contributed by atoms with Gasteiger partial charge in [-0.2, -0.15) is 5.10 Å². The Morgan fingerprint density at radius 1 is 1.50 bits per heavy atom. The maximum Gasteiger partial charge on any atom is 0.340 e. The molecule has 0 amide bonds. The zero-order valence-electron chi connectivity index (χ0n) is 9.67. The van der Waals surface area contributed by atoms with Crippen molar-refractivity contribution in [2.45, 2.75) is 19.8 Å². The van der Waals surface area contributed by atoms with E-state index in [9.17, 15) is 4.79 Å². The van der Waals surface area contributed by atoms with E-state index in [1.54, 1.807) is 0 Å². The summed E-state index contributed by atoms with van der Waals surface area (Å²) in [5.74, 6) is -0.689. The van der Waals surface area contributed by atoms with Crippen molar-refractivity contribution < 1.29 is 9.90 Å². The minimum absolute atomic E-state index is 0.0316. The molecule has 0 atom stereocenters. The summed E-state index contributed by atoms with van der Waals surface area (Å²) in [4.78, 5) is 19.1. The van der Waals surface area contributed by atoms with Crippen LogP contribution in [0.25, 0.3) is 5.82 Å². The number of aromatic carboxylic acids is 1. The maximum absolute atomic E-state index is 11.2. The average molecular weight is 267 g/mol. The lowest BCUT2D eigenvalue weighted by atomic mass is 10.2. The quantitative estimate of drug-likeness (QED) is 0.915. The van der Waals surface area contributed by atoms with Gasteiger partial charge >= 0.3 is 5.97 Å². The molecule has 0 bridgehead atoms. The Kier molecular flexibility index (Phi) is 3.57. The number of aryl methyl sites for hydroxylation is 1. The molecule has 0 saturated heterocycles. The number of hydrogen-bond donors (Lipinski definition) is 1. The predicted octanol–water partition coefficient (Wildman–Crippen LogP) is 1.97. The molecular formula is C11H11ClN4O2. The summed E-state index contributed by atoms with van der Waals surface area (Å²) in [5, 5.41) is 13.4. The third kappa shape index (κ3) is 2.19. The van der Waals surface area contributed by atoms with E-state index in [0.29, 0.717) is 17.9 Å². The monoisotopic (exact) mass is 266 g/mol. The molecule has 0 radical (unpaired) electrons. The average Bonchev–Trinajstić information content (AvgIpc) is 2.68. The van der Waals surface area contributed by atoms with Crippen LogP contribution < -0.4 is 0 Å². The highest BCUT2D eigenvalue weighted by atomic mass is 35.5. The molecule has 0 spiro atoms. The molecule has 0 aromatic carbocycles. The van der Waals surface area contributed by atoms with E-state index >= 15 is 0 Å². The summed E-state index contributed by atoms with van der Waals surface area (Å²) < 4.78 is 1.29. The first-order chi connectivity index (χ1) is 8.65. The van der Waals surface area contributed by atoms with Crippen LogP contribution in [0.4, 0.5) is 0 Å². The maximum atomic E-state index is 11.2. The van der Waals surface area contributed by atoms with E-state index in [1.165, 1.54) is 23.3 Å². The highest BCUT2D eigenvalue weighted by molar-refractivity contribution is 6.32. The lowest BCUT2D eigenvalue weighted by Crippen LogP contribution is -2.01. The fourth-order valence-electron chi connectivity index (χ4n) is 1.62. The number of rotatable bonds is 4. The summed E-state index contributed by atoms with van der Waals surface area (Å²) in [5.41, 5.74) is 0.491. The zero-order valence-corrected chi connectivity index (χ0v) is 10.4. The van der Waals surface area contributed by atoms with E-state index in [4.69, 9.17) is 16.7 Å². The van der Waals surface area contributed by atoms with Gasteiger partial charge in [0.15, 0.2) is 5.82 Å². The molecule has 2 heterocycles. The number of hydrogen-bond acceptors (Lipinski definition) is 4. The van der Waals surface area contributed by atoms with Crippen molar-refractivity contribution in [3.8, 4) is 5.82 Å². The molecule has 0 saturated carbocycles. The van der Waals surface area contributed by atoms with Gasteiger partial charge in [-0.1, -0.05) is 24.9 Å². The Morgan fingerprint density at radius 3 is 2.83 bits per heavy atom. The summed E-state index contributed by atoms with van der Waals surface area (Å²) in [6.45, 7) is 1.95. The van der Waals surface area contributed by atoms with Crippen molar-refractivity contribution in [1.29, 1.82) is 0 Å². The van der Waals surface area contributed by atoms with Gasteiger partial charge in [0.2, 0.25) is 0 Å². The third-order valence-corrected chi connectivity index (χ3v) is 2.72. The van der Waals surface area contributed by atoms with Crippen LogP contribution in [0.2, 0.25) is 5.15 Å². The van der Waals surface area contributed by atoms with Crippen LogP contribution in [-0.2, 0) is 6.42 Å². The molecule has 94 valence electrons. The van der Waals surface area contributed by atoms with Crippen molar-refractivity contribution in [2.24, 2.45) is 0 Å². The lowest BCUT2D eigenvalue weighted by molar-refractivity contribution is 0.0696. The van der Waals surface area contributed by atoms with Gasteiger partial charge < -0.3 is 5.11 Å². The Bertz CT molecular complexity index is 568. The molecule has 2 aromatic heterocycles. The molecule has 6 nitrogen and oxygen atoms in total. The first-order valence-corrected chi connectivity index (χ1v) is 5.80. The SMILES string of the molecule is CCCc1nn(-c2cnccn2)c(Cl)c1C(=O)O. The Labute approximate surface area is 108 Å². The molecule has 0 unspecified atom stereocenters. The van der Waals surface area contributed by atoms with Gasteiger partial charge in [0.1, 0.15) is 10.7 Å². The third-order valence-electron chi connectivity index (χ3n) is 2.37. The fourth-order valence-corrected chi connectivity index (χ4v) is 1.93. The molecule has 1 N–H and O–H groups in total. The normalized spacial score (nSPS) is 10.6. The van der Waals surface area contributed by atoms with Crippen LogP contribution in [-0.4, -0.2) is 30.8 Å². The Balaban J connectivity index is 2.57. The Hall–Kier alpha value is -1.95. The largest absolute Gasteiger partial charge is 0.478 e. The summed E-state index contributed by atoms with van der Waals surface area (Å²) >= 11 is 6.05. The topological polar surface area (TPSA) is 80.9 Å². The molecule has 2 aromatic rings. The van der Waals surface area contributed by atoms with Crippen LogP contribution in [0, 0.1) is 0 Å². The van der Waals surface area contributed by atoms with Crippen molar-refractivity contribution in [1.82, 2.24) is 19.7 Å². The van der Waals surface area contributed by atoms with E-state index in [-0.39, 0.29) is 10.7 Å². The molecule has 0 aliphatic rings. The molecule has 0 aliphatic carbocycles. The van der Waals surface area contributed by atoms with Crippen molar-refractivity contribution in [3.63, 3.8) is 0 Å². The van der Waals surface area contributed by atoms with E-state index in [0.717, 1.165) is 6.42 Å². The second-order valence-electron chi connectivity index (χ2n) is 3.64. The molecule has 2 rings (SSSR count). The van der Waals surface area contributed by atoms with Crippen LogP contribution in [0.15, 0.2) is 18.6 Å².